The van der Waals surface area contributed by atoms with Gasteiger partial charge in [-0.15, -0.1) is 0 Å². The van der Waals surface area contributed by atoms with Gasteiger partial charge in [0.25, 0.3) is 0 Å². The van der Waals surface area contributed by atoms with E-state index in [4.69, 9.17) is 9.47 Å². The topological polar surface area (TPSA) is 18.5 Å². The van der Waals surface area contributed by atoms with Crippen LogP contribution in [0.1, 0.15) is 111 Å². The summed E-state index contributed by atoms with van der Waals surface area (Å²) in [7, 11) is 0. The minimum atomic E-state index is -0.421. The highest BCUT2D eigenvalue weighted by atomic mass is 16.7. The molecular formula is C22H42O2. The summed E-state index contributed by atoms with van der Waals surface area (Å²) >= 11 is 0. The van der Waals surface area contributed by atoms with Crippen LogP contribution in [0.5, 0.6) is 0 Å². The Morgan fingerprint density at radius 2 is 1.42 bits per heavy atom. The van der Waals surface area contributed by atoms with Gasteiger partial charge in [0.1, 0.15) is 0 Å². The summed E-state index contributed by atoms with van der Waals surface area (Å²) in [4.78, 5) is 0. The molecule has 0 N–H and O–H groups in total. The normalized spacial score (nSPS) is 15.5. The molecule has 0 unspecified atom stereocenters. The predicted molar refractivity (Wildman–Crippen MR) is 104 cm³/mol. The molecule has 142 valence electrons. The lowest BCUT2D eigenvalue weighted by atomic mass is 9.89. The minimum absolute atomic E-state index is 0.421. The molecule has 0 aromatic rings. The molecule has 1 rings (SSSR count). The Labute approximate surface area is 151 Å². The van der Waals surface area contributed by atoms with Gasteiger partial charge in [0.05, 0.1) is 13.2 Å². The molecule has 0 saturated heterocycles. The van der Waals surface area contributed by atoms with Crippen molar-refractivity contribution in [3.05, 3.63) is 11.6 Å². The van der Waals surface area contributed by atoms with E-state index in [1.807, 2.05) is 0 Å². The molecule has 0 bridgehead atoms. The van der Waals surface area contributed by atoms with Crippen LogP contribution in [0.4, 0.5) is 0 Å². The standard InChI is InChI=1S/C22H42O2/c1-4-7-8-9-10-11-15-18-22(23-19-5-2,24-20-6-3)21-16-13-12-14-17-21/h16H,4-15,17-20H2,1-3H3. The molecule has 0 radical (unpaired) electrons. The highest BCUT2D eigenvalue weighted by molar-refractivity contribution is 5.16. The lowest BCUT2D eigenvalue weighted by Crippen LogP contribution is -2.39. The molecule has 2 nitrogen and oxygen atoms in total. The zero-order valence-electron chi connectivity index (χ0n) is 16.7. The van der Waals surface area contributed by atoms with Crippen LogP contribution < -0.4 is 0 Å². The van der Waals surface area contributed by atoms with Crippen molar-refractivity contribution >= 4 is 0 Å². The Kier molecular flexibility index (Phi) is 12.6. The first kappa shape index (κ1) is 21.7. The molecule has 0 spiro atoms. The van der Waals surface area contributed by atoms with Crippen LogP contribution in [-0.2, 0) is 9.47 Å². The van der Waals surface area contributed by atoms with Crippen LogP contribution in [0.15, 0.2) is 11.6 Å². The van der Waals surface area contributed by atoms with Gasteiger partial charge in [-0.3, -0.25) is 0 Å². The second kappa shape index (κ2) is 13.9. The van der Waals surface area contributed by atoms with Crippen LogP contribution in [0.3, 0.4) is 0 Å². The largest absolute Gasteiger partial charge is 0.346 e. The Balaban J connectivity index is 2.58. The fraction of sp³-hybridized carbons (Fsp3) is 0.909. The van der Waals surface area contributed by atoms with E-state index in [1.54, 1.807) is 0 Å². The maximum Gasteiger partial charge on any atom is 0.190 e. The van der Waals surface area contributed by atoms with Crippen molar-refractivity contribution in [1.29, 1.82) is 0 Å². The van der Waals surface area contributed by atoms with Gasteiger partial charge in [0, 0.05) is 6.42 Å². The molecule has 0 heterocycles. The van der Waals surface area contributed by atoms with E-state index < -0.39 is 5.79 Å². The van der Waals surface area contributed by atoms with Gasteiger partial charge in [-0.25, -0.2) is 0 Å². The Hall–Kier alpha value is -0.340. The van der Waals surface area contributed by atoms with Gasteiger partial charge in [-0.05, 0) is 50.5 Å². The molecule has 1 aliphatic rings. The molecule has 0 atom stereocenters. The first-order valence-corrected chi connectivity index (χ1v) is 10.8. The van der Waals surface area contributed by atoms with Gasteiger partial charge in [0.2, 0.25) is 0 Å². The van der Waals surface area contributed by atoms with E-state index in [0.717, 1.165) is 38.9 Å². The van der Waals surface area contributed by atoms with Crippen molar-refractivity contribution in [3.63, 3.8) is 0 Å². The van der Waals surface area contributed by atoms with E-state index >= 15 is 0 Å². The van der Waals surface area contributed by atoms with Crippen LogP contribution in [0.25, 0.3) is 0 Å². The quantitative estimate of drug-likeness (QED) is 0.179. The van der Waals surface area contributed by atoms with Crippen LogP contribution in [-0.4, -0.2) is 19.0 Å². The molecule has 0 aromatic carbocycles. The van der Waals surface area contributed by atoms with Crippen molar-refractivity contribution in [2.75, 3.05) is 13.2 Å². The van der Waals surface area contributed by atoms with Crippen LogP contribution in [0, 0.1) is 0 Å². The number of rotatable bonds is 15. The van der Waals surface area contributed by atoms with E-state index in [-0.39, 0.29) is 0 Å². The number of allylic oxidation sites excluding steroid dienone is 1. The second-order valence-electron chi connectivity index (χ2n) is 7.30. The third kappa shape index (κ3) is 8.16. The second-order valence-corrected chi connectivity index (χ2v) is 7.30. The third-order valence-corrected chi connectivity index (χ3v) is 4.97. The highest BCUT2D eigenvalue weighted by Crippen LogP contribution is 2.36. The third-order valence-electron chi connectivity index (χ3n) is 4.97. The van der Waals surface area contributed by atoms with Crippen molar-refractivity contribution in [2.45, 2.75) is 116 Å². The SMILES string of the molecule is CCCCCCCCCC(OCCC)(OCCC)C1=CCCCC1. The first-order valence-electron chi connectivity index (χ1n) is 10.8. The lowest BCUT2D eigenvalue weighted by Gasteiger charge is -2.38. The summed E-state index contributed by atoms with van der Waals surface area (Å²) in [5, 5.41) is 0. The zero-order chi connectivity index (χ0) is 17.5. The van der Waals surface area contributed by atoms with Gasteiger partial charge >= 0.3 is 0 Å². The predicted octanol–water partition coefficient (Wildman–Crippen LogP) is 7.18. The first-order chi connectivity index (χ1) is 11.8. The minimum Gasteiger partial charge on any atom is -0.346 e. The summed E-state index contributed by atoms with van der Waals surface area (Å²) < 4.78 is 12.8. The van der Waals surface area contributed by atoms with Crippen molar-refractivity contribution in [3.8, 4) is 0 Å². The van der Waals surface area contributed by atoms with Crippen molar-refractivity contribution < 1.29 is 9.47 Å². The summed E-state index contributed by atoms with van der Waals surface area (Å²) in [6, 6.07) is 0. The molecule has 24 heavy (non-hydrogen) atoms. The maximum atomic E-state index is 6.38. The molecular weight excluding hydrogens is 296 g/mol. The fourth-order valence-electron chi connectivity index (χ4n) is 3.56. The average molecular weight is 339 g/mol. The molecule has 0 saturated carbocycles. The Bertz CT molecular complexity index is 314. The van der Waals surface area contributed by atoms with Gasteiger partial charge in [0.15, 0.2) is 5.79 Å². The number of unbranched alkanes of at least 4 members (excludes halogenated alkanes) is 6. The summed E-state index contributed by atoms with van der Waals surface area (Å²) in [6.45, 7) is 8.26. The lowest BCUT2D eigenvalue weighted by molar-refractivity contribution is -0.218. The smallest absolute Gasteiger partial charge is 0.190 e. The highest BCUT2D eigenvalue weighted by Gasteiger charge is 2.36. The van der Waals surface area contributed by atoms with Gasteiger partial charge < -0.3 is 9.47 Å². The average Bonchev–Trinajstić information content (AvgIpc) is 2.63. The van der Waals surface area contributed by atoms with E-state index in [1.165, 1.54) is 69.8 Å². The molecule has 0 aliphatic heterocycles. The molecule has 2 heteroatoms. The van der Waals surface area contributed by atoms with E-state index in [9.17, 15) is 0 Å². The Morgan fingerprint density at radius 1 is 0.792 bits per heavy atom. The van der Waals surface area contributed by atoms with Crippen LogP contribution >= 0.6 is 0 Å². The Morgan fingerprint density at radius 3 is 1.96 bits per heavy atom. The maximum absolute atomic E-state index is 6.38. The molecule has 0 aromatic heterocycles. The molecule has 0 fully saturated rings. The van der Waals surface area contributed by atoms with E-state index in [2.05, 4.69) is 26.8 Å². The number of hydrogen-bond acceptors (Lipinski definition) is 2. The monoisotopic (exact) mass is 338 g/mol. The molecule has 1 aliphatic carbocycles. The van der Waals surface area contributed by atoms with Crippen LogP contribution in [0.2, 0.25) is 0 Å². The van der Waals surface area contributed by atoms with E-state index in [0.29, 0.717) is 0 Å². The van der Waals surface area contributed by atoms with Crippen molar-refractivity contribution in [2.24, 2.45) is 0 Å². The number of hydrogen-bond donors (Lipinski definition) is 0. The zero-order valence-corrected chi connectivity index (χ0v) is 16.7. The molecule has 0 amide bonds. The van der Waals surface area contributed by atoms with Crippen molar-refractivity contribution in [1.82, 2.24) is 0 Å². The van der Waals surface area contributed by atoms with Gasteiger partial charge in [-0.1, -0.05) is 65.4 Å². The fourth-order valence-corrected chi connectivity index (χ4v) is 3.56. The number of ether oxygens (including phenoxy) is 2. The summed E-state index contributed by atoms with van der Waals surface area (Å²) in [5.41, 5.74) is 1.43. The summed E-state index contributed by atoms with van der Waals surface area (Å²) in [5.74, 6) is -0.421. The van der Waals surface area contributed by atoms with Gasteiger partial charge in [-0.2, -0.15) is 0 Å². The summed E-state index contributed by atoms with van der Waals surface area (Å²) in [6.07, 6.45) is 19.9.